The fourth-order valence-corrected chi connectivity index (χ4v) is 3.32. The Balaban J connectivity index is 2.36. The number of fused-ring (bicyclic) bond motifs is 1. The van der Waals surface area contributed by atoms with Gasteiger partial charge in [-0.3, -0.25) is 4.98 Å². The number of hydrogen-bond donors (Lipinski definition) is 1. The van der Waals surface area contributed by atoms with Gasteiger partial charge in [0.05, 0.1) is 21.1 Å². The zero-order valence-corrected chi connectivity index (χ0v) is 13.2. The fraction of sp³-hybridized carbons (Fsp3) is 0. The highest BCUT2D eigenvalue weighted by atomic mass is 35.5. The lowest BCUT2D eigenvalue weighted by Gasteiger charge is -2.11. The van der Waals surface area contributed by atoms with Gasteiger partial charge in [0.2, 0.25) is 0 Å². The van der Waals surface area contributed by atoms with E-state index in [0.717, 1.165) is 0 Å². The molecule has 1 N–H and O–H groups in total. The van der Waals surface area contributed by atoms with Crippen molar-refractivity contribution < 1.29 is 9.90 Å². The number of aromatic carboxylic acids is 1. The standard InChI is InChI=1S/C16H8Cl3NO2/c17-9-6-12(18)15(13(19)7-9)10-3-4-20-14-2-1-8(16(21)22)5-11(10)14/h1-7H,(H,21,22). The van der Waals surface area contributed by atoms with E-state index in [1.54, 1.807) is 36.5 Å². The molecular weight excluding hydrogens is 345 g/mol. The Bertz CT molecular complexity index is 886. The molecule has 3 aromatic rings. The minimum absolute atomic E-state index is 0.169. The van der Waals surface area contributed by atoms with Crippen LogP contribution in [0.25, 0.3) is 22.0 Å². The van der Waals surface area contributed by atoms with Gasteiger partial charge in [-0.15, -0.1) is 0 Å². The Morgan fingerprint density at radius 1 is 1.00 bits per heavy atom. The summed E-state index contributed by atoms with van der Waals surface area (Å²) in [4.78, 5) is 15.4. The van der Waals surface area contributed by atoms with E-state index < -0.39 is 5.97 Å². The minimum Gasteiger partial charge on any atom is -0.478 e. The number of carboxylic acids is 1. The molecule has 0 amide bonds. The summed E-state index contributed by atoms with van der Waals surface area (Å²) in [7, 11) is 0. The van der Waals surface area contributed by atoms with Crippen molar-refractivity contribution in [3.8, 4) is 11.1 Å². The van der Waals surface area contributed by atoms with Gasteiger partial charge < -0.3 is 5.11 Å². The molecule has 0 aliphatic carbocycles. The first kappa shape index (κ1) is 15.1. The van der Waals surface area contributed by atoms with Crippen molar-refractivity contribution in [2.75, 3.05) is 0 Å². The van der Waals surface area contributed by atoms with Crippen LogP contribution in [0.5, 0.6) is 0 Å². The van der Waals surface area contributed by atoms with Gasteiger partial charge in [0.1, 0.15) is 0 Å². The smallest absolute Gasteiger partial charge is 0.335 e. The molecular formula is C16H8Cl3NO2. The van der Waals surface area contributed by atoms with Crippen LogP contribution in [0.2, 0.25) is 15.1 Å². The van der Waals surface area contributed by atoms with Gasteiger partial charge in [0.15, 0.2) is 0 Å². The Hall–Kier alpha value is -1.81. The molecule has 0 unspecified atom stereocenters. The van der Waals surface area contributed by atoms with Crippen molar-refractivity contribution in [2.24, 2.45) is 0 Å². The molecule has 2 aromatic carbocycles. The zero-order valence-electron chi connectivity index (χ0n) is 11.0. The van der Waals surface area contributed by atoms with Crippen LogP contribution >= 0.6 is 34.8 Å². The maximum Gasteiger partial charge on any atom is 0.335 e. The summed E-state index contributed by atoms with van der Waals surface area (Å²) < 4.78 is 0. The number of benzene rings is 2. The van der Waals surface area contributed by atoms with Crippen LogP contribution in [-0.2, 0) is 0 Å². The molecule has 0 spiro atoms. The maximum absolute atomic E-state index is 11.2. The number of carboxylic acid groups (broad SMARTS) is 1. The number of nitrogens with zero attached hydrogens (tertiary/aromatic N) is 1. The lowest BCUT2D eigenvalue weighted by Crippen LogP contribution is -1.96. The Kier molecular flexibility index (Phi) is 3.96. The lowest BCUT2D eigenvalue weighted by molar-refractivity contribution is 0.0697. The Morgan fingerprint density at radius 3 is 2.32 bits per heavy atom. The molecule has 0 aliphatic rings. The van der Waals surface area contributed by atoms with Gasteiger partial charge in [-0.05, 0) is 42.0 Å². The number of pyridine rings is 1. The van der Waals surface area contributed by atoms with Gasteiger partial charge >= 0.3 is 5.97 Å². The lowest BCUT2D eigenvalue weighted by atomic mass is 9.99. The molecule has 0 aliphatic heterocycles. The Labute approximate surface area is 141 Å². The van der Waals surface area contributed by atoms with Gasteiger partial charge in [0, 0.05) is 22.2 Å². The van der Waals surface area contributed by atoms with Crippen LogP contribution < -0.4 is 0 Å². The molecule has 22 heavy (non-hydrogen) atoms. The second-order valence-corrected chi connectivity index (χ2v) is 5.89. The van der Waals surface area contributed by atoms with E-state index >= 15 is 0 Å². The van der Waals surface area contributed by atoms with E-state index in [4.69, 9.17) is 39.9 Å². The summed E-state index contributed by atoms with van der Waals surface area (Å²) in [6, 6.07) is 9.65. The number of rotatable bonds is 2. The first-order valence-corrected chi connectivity index (χ1v) is 7.38. The summed E-state index contributed by atoms with van der Waals surface area (Å²) >= 11 is 18.5. The zero-order chi connectivity index (χ0) is 15.9. The quantitative estimate of drug-likeness (QED) is 0.657. The van der Waals surface area contributed by atoms with E-state index in [-0.39, 0.29) is 5.56 Å². The van der Waals surface area contributed by atoms with Crippen LogP contribution in [0.4, 0.5) is 0 Å². The summed E-state index contributed by atoms with van der Waals surface area (Å²) in [6.45, 7) is 0. The van der Waals surface area contributed by atoms with Gasteiger partial charge in [0.25, 0.3) is 0 Å². The summed E-state index contributed by atoms with van der Waals surface area (Å²) in [5.41, 5.74) is 2.13. The van der Waals surface area contributed by atoms with E-state index in [2.05, 4.69) is 4.98 Å². The Morgan fingerprint density at radius 2 is 1.68 bits per heavy atom. The van der Waals surface area contributed by atoms with Crippen molar-refractivity contribution in [3.05, 3.63) is 63.2 Å². The number of carbonyl (C=O) groups is 1. The van der Waals surface area contributed by atoms with Crippen molar-refractivity contribution in [1.82, 2.24) is 4.98 Å². The average molecular weight is 353 g/mol. The molecule has 0 atom stereocenters. The minimum atomic E-state index is -1.01. The highest BCUT2D eigenvalue weighted by Crippen LogP contribution is 2.40. The van der Waals surface area contributed by atoms with Crippen LogP contribution in [-0.4, -0.2) is 16.1 Å². The topological polar surface area (TPSA) is 50.2 Å². The highest BCUT2D eigenvalue weighted by molar-refractivity contribution is 6.42. The third kappa shape index (κ3) is 2.63. The van der Waals surface area contributed by atoms with E-state index in [1.807, 2.05) is 0 Å². The van der Waals surface area contributed by atoms with Gasteiger partial charge in [-0.25, -0.2) is 4.79 Å². The highest BCUT2D eigenvalue weighted by Gasteiger charge is 2.15. The molecule has 0 fully saturated rings. The first-order chi connectivity index (χ1) is 10.5. The second kappa shape index (κ2) is 5.76. The predicted octanol–water partition coefficient (Wildman–Crippen LogP) is 5.56. The molecule has 6 heteroatoms. The summed E-state index contributed by atoms with van der Waals surface area (Å²) in [6.07, 6.45) is 1.62. The van der Waals surface area contributed by atoms with Crippen LogP contribution in [0.3, 0.4) is 0 Å². The van der Waals surface area contributed by atoms with Crippen LogP contribution in [0.1, 0.15) is 10.4 Å². The first-order valence-electron chi connectivity index (χ1n) is 6.24. The molecule has 3 nitrogen and oxygen atoms in total. The number of hydrogen-bond acceptors (Lipinski definition) is 2. The van der Waals surface area contributed by atoms with E-state index in [0.29, 0.717) is 37.1 Å². The monoisotopic (exact) mass is 351 g/mol. The number of halogens is 3. The van der Waals surface area contributed by atoms with Crippen molar-refractivity contribution in [1.29, 1.82) is 0 Å². The maximum atomic E-state index is 11.2. The summed E-state index contributed by atoms with van der Waals surface area (Å²) in [5, 5.41) is 11.0. The predicted molar refractivity (Wildman–Crippen MR) is 89.2 cm³/mol. The molecule has 0 bridgehead atoms. The summed E-state index contributed by atoms with van der Waals surface area (Å²) in [5.74, 6) is -1.01. The van der Waals surface area contributed by atoms with Crippen molar-refractivity contribution in [2.45, 2.75) is 0 Å². The van der Waals surface area contributed by atoms with Gasteiger partial charge in [-0.2, -0.15) is 0 Å². The van der Waals surface area contributed by atoms with Crippen molar-refractivity contribution >= 4 is 51.7 Å². The van der Waals surface area contributed by atoms with E-state index in [9.17, 15) is 4.79 Å². The molecule has 3 rings (SSSR count). The average Bonchev–Trinajstić information content (AvgIpc) is 2.45. The molecule has 1 heterocycles. The normalized spacial score (nSPS) is 10.9. The van der Waals surface area contributed by atoms with Crippen LogP contribution in [0, 0.1) is 0 Å². The fourth-order valence-electron chi connectivity index (χ4n) is 2.30. The van der Waals surface area contributed by atoms with Crippen LogP contribution in [0.15, 0.2) is 42.6 Å². The number of aromatic nitrogens is 1. The third-order valence-electron chi connectivity index (χ3n) is 3.26. The van der Waals surface area contributed by atoms with Crippen molar-refractivity contribution in [3.63, 3.8) is 0 Å². The molecule has 0 radical (unpaired) electrons. The largest absolute Gasteiger partial charge is 0.478 e. The molecule has 110 valence electrons. The van der Waals surface area contributed by atoms with Gasteiger partial charge in [-0.1, -0.05) is 34.8 Å². The molecule has 0 saturated carbocycles. The molecule has 0 saturated heterocycles. The molecule has 1 aromatic heterocycles. The second-order valence-electron chi connectivity index (χ2n) is 4.64. The van der Waals surface area contributed by atoms with E-state index in [1.165, 1.54) is 6.07 Å². The SMILES string of the molecule is O=C(O)c1ccc2nccc(-c3c(Cl)cc(Cl)cc3Cl)c2c1. The third-order valence-corrected chi connectivity index (χ3v) is 4.08.